The molecule has 0 bridgehead atoms. The lowest BCUT2D eigenvalue weighted by Crippen LogP contribution is -2.37. The number of aromatic nitrogens is 1. The van der Waals surface area contributed by atoms with E-state index in [4.69, 9.17) is 5.84 Å². The highest BCUT2D eigenvalue weighted by Crippen LogP contribution is 2.33. The van der Waals surface area contributed by atoms with Crippen LogP contribution < -0.4 is 11.3 Å². The topological polar surface area (TPSA) is 50.9 Å². The van der Waals surface area contributed by atoms with Gasteiger partial charge >= 0.3 is 0 Å². The average Bonchev–Trinajstić information content (AvgIpc) is 3.02. The van der Waals surface area contributed by atoms with Crippen molar-refractivity contribution in [2.45, 2.75) is 31.7 Å². The Labute approximate surface area is 84.7 Å². The molecule has 0 aliphatic heterocycles. The van der Waals surface area contributed by atoms with Crippen LogP contribution in [0.3, 0.4) is 0 Å². The molecule has 1 aliphatic rings. The van der Waals surface area contributed by atoms with Crippen molar-refractivity contribution in [2.24, 2.45) is 11.8 Å². The van der Waals surface area contributed by atoms with Crippen molar-refractivity contribution in [1.82, 2.24) is 10.4 Å². The monoisotopic (exact) mass is 191 g/mol. The summed E-state index contributed by atoms with van der Waals surface area (Å²) in [6, 6.07) is 6.40. The van der Waals surface area contributed by atoms with E-state index < -0.39 is 0 Å². The minimum atomic E-state index is 0.386. The number of rotatable bonds is 5. The summed E-state index contributed by atoms with van der Waals surface area (Å²) in [5, 5.41) is 0. The van der Waals surface area contributed by atoms with E-state index in [0.717, 1.165) is 18.0 Å². The Morgan fingerprint density at radius 3 is 2.93 bits per heavy atom. The summed E-state index contributed by atoms with van der Waals surface area (Å²) in [6.07, 6.45) is 6.71. The first-order valence-electron chi connectivity index (χ1n) is 5.24. The number of nitrogens with one attached hydrogen (secondary N) is 1. The van der Waals surface area contributed by atoms with Gasteiger partial charge in [0.2, 0.25) is 0 Å². The van der Waals surface area contributed by atoms with Gasteiger partial charge in [0.15, 0.2) is 0 Å². The lowest BCUT2D eigenvalue weighted by molar-refractivity contribution is 0.462. The quantitative estimate of drug-likeness (QED) is 0.544. The highest BCUT2D eigenvalue weighted by Gasteiger charge is 2.25. The molecule has 0 aromatic carbocycles. The molecule has 1 fully saturated rings. The third-order valence-corrected chi connectivity index (χ3v) is 2.73. The molecule has 0 spiro atoms. The summed E-state index contributed by atoms with van der Waals surface area (Å²) in [5.41, 5.74) is 4.00. The fourth-order valence-electron chi connectivity index (χ4n) is 1.74. The van der Waals surface area contributed by atoms with Gasteiger partial charge in [0.25, 0.3) is 0 Å². The van der Waals surface area contributed by atoms with Crippen molar-refractivity contribution >= 4 is 0 Å². The SMILES string of the molecule is NNC(Cc1ccccn1)CC1CC1. The molecular weight excluding hydrogens is 174 g/mol. The molecule has 3 heteroatoms. The molecule has 2 rings (SSSR count). The highest BCUT2D eigenvalue weighted by atomic mass is 15.2. The molecule has 1 unspecified atom stereocenters. The van der Waals surface area contributed by atoms with Crippen LogP contribution in [0.4, 0.5) is 0 Å². The van der Waals surface area contributed by atoms with Gasteiger partial charge in [-0.25, -0.2) is 0 Å². The Bertz CT molecular complexity index is 269. The molecule has 0 amide bonds. The molecule has 1 atom stereocenters. The fourth-order valence-corrected chi connectivity index (χ4v) is 1.74. The maximum atomic E-state index is 5.52. The Kier molecular flexibility index (Phi) is 3.11. The van der Waals surface area contributed by atoms with E-state index in [2.05, 4.69) is 16.5 Å². The largest absolute Gasteiger partial charge is 0.271 e. The number of hydrazine groups is 1. The predicted octanol–water partition coefficient (Wildman–Crippen LogP) is 1.26. The number of hydrogen-bond acceptors (Lipinski definition) is 3. The van der Waals surface area contributed by atoms with Gasteiger partial charge in [-0.1, -0.05) is 18.9 Å². The molecule has 0 radical (unpaired) electrons. The van der Waals surface area contributed by atoms with Crippen LogP contribution in [0, 0.1) is 5.92 Å². The smallest absolute Gasteiger partial charge is 0.0419 e. The maximum Gasteiger partial charge on any atom is 0.0419 e. The van der Waals surface area contributed by atoms with Crippen molar-refractivity contribution in [3.63, 3.8) is 0 Å². The van der Waals surface area contributed by atoms with Gasteiger partial charge < -0.3 is 0 Å². The van der Waals surface area contributed by atoms with E-state index >= 15 is 0 Å². The molecular formula is C11H17N3. The van der Waals surface area contributed by atoms with E-state index in [9.17, 15) is 0 Å². The van der Waals surface area contributed by atoms with Gasteiger partial charge in [-0.15, -0.1) is 0 Å². The molecule has 1 aromatic rings. The van der Waals surface area contributed by atoms with E-state index in [1.807, 2.05) is 18.3 Å². The van der Waals surface area contributed by atoms with Gasteiger partial charge in [0.05, 0.1) is 0 Å². The first-order valence-corrected chi connectivity index (χ1v) is 5.24. The summed E-state index contributed by atoms with van der Waals surface area (Å²) in [7, 11) is 0. The zero-order valence-corrected chi connectivity index (χ0v) is 8.32. The van der Waals surface area contributed by atoms with Crippen molar-refractivity contribution < 1.29 is 0 Å². The van der Waals surface area contributed by atoms with Crippen LogP contribution in [0.15, 0.2) is 24.4 Å². The zero-order chi connectivity index (χ0) is 9.80. The van der Waals surface area contributed by atoms with Crippen LogP contribution in [-0.2, 0) is 6.42 Å². The van der Waals surface area contributed by atoms with Crippen molar-refractivity contribution in [3.05, 3.63) is 30.1 Å². The summed E-state index contributed by atoms with van der Waals surface area (Å²) in [6.45, 7) is 0. The summed E-state index contributed by atoms with van der Waals surface area (Å²) < 4.78 is 0. The Balaban J connectivity index is 1.87. The number of pyridine rings is 1. The zero-order valence-electron chi connectivity index (χ0n) is 8.32. The number of nitrogens with zero attached hydrogens (tertiary/aromatic N) is 1. The third kappa shape index (κ3) is 2.79. The third-order valence-electron chi connectivity index (χ3n) is 2.73. The Morgan fingerprint density at radius 2 is 2.36 bits per heavy atom. The van der Waals surface area contributed by atoms with E-state index in [1.165, 1.54) is 19.3 Å². The van der Waals surface area contributed by atoms with E-state index in [1.54, 1.807) is 0 Å². The first kappa shape index (κ1) is 9.62. The molecule has 1 aliphatic carbocycles. The number of nitrogens with two attached hydrogens (primary N) is 1. The highest BCUT2D eigenvalue weighted by molar-refractivity contribution is 5.05. The standard InChI is InChI=1S/C11H17N3/c12-14-11(7-9-4-5-9)8-10-3-1-2-6-13-10/h1-3,6,9,11,14H,4-5,7-8,12H2. The minimum Gasteiger partial charge on any atom is -0.271 e. The van der Waals surface area contributed by atoms with Crippen LogP contribution in [0.1, 0.15) is 25.0 Å². The maximum absolute atomic E-state index is 5.52. The van der Waals surface area contributed by atoms with Gasteiger partial charge in [-0.05, 0) is 24.5 Å². The van der Waals surface area contributed by atoms with Gasteiger partial charge in [0, 0.05) is 24.4 Å². The molecule has 0 saturated heterocycles. The van der Waals surface area contributed by atoms with Gasteiger partial charge in [-0.2, -0.15) is 0 Å². The van der Waals surface area contributed by atoms with Crippen molar-refractivity contribution in [3.8, 4) is 0 Å². The van der Waals surface area contributed by atoms with Gasteiger partial charge in [-0.3, -0.25) is 16.3 Å². The van der Waals surface area contributed by atoms with Crippen LogP contribution in [-0.4, -0.2) is 11.0 Å². The fraction of sp³-hybridized carbons (Fsp3) is 0.545. The molecule has 3 nitrogen and oxygen atoms in total. The lowest BCUT2D eigenvalue weighted by Gasteiger charge is -2.14. The predicted molar refractivity (Wildman–Crippen MR) is 56.4 cm³/mol. The van der Waals surface area contributed by atoms with Crippen LogP contribution in [0.25, 0.3) is 0 Å². The molecule has 1 heterocycles. The second-order valence-corrected chi connectivity index (χ2v) is 4.07. The summed E-state index contributed by atoms with van der Waals surface area (Å²) >= 11 is 0. The van der Waals surface area contributed by atoms with Crippen LogP contribution >= 0.6 is 0 Å². The molecule has 1 aromatic heterocycles. The summed E-state index contributed by atoms with van der Waals surface area (Å²) in [4.78, 5) is 4.30. The normalized spacial score (nSPS) is 18.1. The first-order chi connectivity index (χ1) is 6.88. The Hall–Kier alpha value is -0.930. The minimum absolute atomic E-state index is 0.386. The van der Waals surface area contributed by atoms with Crippen molar-refractivity contribution in [2.75, 3.05) is 0 Å². The van der Waals surface area contributed by atoms with Crippen molar-refractivity contribution in [1.29, 1.82) is 0 Å². The Morgan fingerprint density at radius 1 is 1.50 bits per heavy atom. The van der Waals surface area contributed by atoms with E-state index in [-0.39, 0.29) is 0 Å². The number of hydrogen-bond donors (Lipinski definition) is 2. The van der Waals surface area contributed by atoms with Crippen LogP contribution in [0.2, 0.25) is 0 Å². The molecule has 1 saturated carbocycles. The van der Waals surface area contributed by atoms with Gasteiger partial charge in [0.1, 0.15) is 0 Å². The second-order valence-electron chi connectivity index (χ2n) is 4.07. The summed E-state index contributed by atoms with van der Waals surface area (Å²) in [5.74, 6) is 6.42. The average molecular weight is 191 g/mol. The van der Waals surface area contributed by atoms with Crippen LogP contribution in [0.5, 0.6) is 0 Å². The molecule has 3 N–H and O–H groups in total. The molecule has 76 valence electrons. The van der Waals surface area contributed by atoms with E-state index in [0.29, 0.717) is 6.04 Å². The molecule has 14 heavy (non-hydrogen) atoms. The second kappa shape index (κ2) is 4.53. The lowest BCUT2D eigenvalue weighted by atomic mass is 10.1.